The molecule has 2 aliphatic carbocycles. The molecule has 0 amide bonds. The van der Waals surface area contributed by atoms with Crippen molar-refractivity contribution >= 4 is 101 Å². The van der Waals surface area contributed by atoms with E-state index in [2.05, 4.69) is 231 Å². The SMILES string of the molecule is Cc1cc2c3c(c1)N(c1cc4oc5cc6c(cc5c4cc1C)C(C)(C)CCC6(C)C)c1cc4oc5cc6c(cc5c4cc1B3N(c1ccc(-c3ccccc3)cc1)c1cc3ccccc3cc1-2)C(C)(C)CCC6(C)C. The molecule has 5 heteroatoms. The molecular weight excluding hydrogens is 912 g/mol. The van der Waals surface area contributed by atoms with Crippen LogP contribution in [0, 0.1) is 13.8 Å². The van der Waals surface area contributed by atoms with Gasteiger partial charge in [0.1, 0.15) is 22.3 Å². The van der Waals surface area contributed by atoms with Gasteiger partial charge in [0.2, 0.25) is 0 Å². The molecule has 11 aromatic rings. The molecular formula is C70H63BN2O2. The summed E-state index contributed by atoms with van der Waals surface area (Å²) in [6.07, 6.45) is 4.63. The Morgan fingerprint density at radius 1 is 0.413 bits per heavy atom. The van der Waals surface area contributed by atoms with E-state index in [4.69, 9.17) is 8.83 Å². The molecule has 0 saturated carbocycles. The van der Waals surface area contributed by atoms with Crippen LogP contribution < -0.4 is 20.6 Å². The van der Waals surface area contributed by atoms with Crippen molar-refractivity contribution in [2.45, 2.75) is 117 Å². The number of fused-ring (bicyclic) bond motifs is 13. The van der Waals surface area contributed by atoms with Gasteiger partial charge in [-0.3, -0.25) is 0 Å². The van der Waals surface area contributed by atoms with Gasteiger partial charge in [0.25, 0.3) is 0 Å². The lowest BCUT2D eigenvalue weighted by molar-refractivity contribution is 0.332. The summed E-state index contributed by atoms with van der Waals surface area (Å²) >= 11 is 0. The molecule has 0 N–H and O–H groups in total. The fourth-order valence-electron chi connectivity index (χ4n) is 14.3. The van der Waals surface area contributed by atoms with Crippen LogP contribution in [-0.4, -0.2) is 6.85 Å². The van der Waals surface area contributed by atoms with Gasteiger partial charge >= 0.3 is 6.85 Å². The third-order valence-electron chi connectivity index (χ3n) is 18.9. The summed E-state index contributed by atoms with van der Waals surface area (Å²) in [6, 6.07) is 58.0. The molecule has 0 unspecified atom stereocenters. The fourth-order valence-corrected chi connectivity index (χ4v) is 14.3. The number of hydrogen-bond donors (Lipinski definition) is 0. The highest BCUT2D eigenvalue weighted by Crippen LogP contribution is 2.54. The molecule has 4 heterocycles. The first-order valence-corrected chi connectivity index (χ1v) is 27.4. The van der Waals surface area contributed by atoms with E-state index < -0.39 is 0 Å². The van der Waals surface area contributed by atoms with Crippen LogP contribution in [0.2, 0.25) is 0 Å². The Bertz CT molecular complexity index is 4280. The highest BCUT2D eigenvalue weighted by atomic mass is 16.3. The molecule has 2 aromatic heterocycles. The van der Waals surface area contributed by atoms with Crippen molar-refractivity contribution in [2.24, 2.45) is 0 Å². The van der Waals surface area contributed by atoms with Gasteiger partial charge in [-0.15, -0.1) is 0 Å². The maximum atomic E-state index is 7.18. The van der Waals surface area contributed by atoms with E-state index in [-0.39, 0.29) is 28.5 Å². The lowest BCUT2D eigenvalue weighted by atomic mass is 9.43. The third kappa shape index (κ3) is 6.43. The number of hydrogen-bond acceptors (Lipinski definition) is 4. The van der Waals surface area contributed by atoms with E-state index in [9.17, 15) is 0 Å². The van der Waals surface area contributed by atoms with Crippen LogP contribution in [0.25, 0.3) is 76.9 Å². The molecule has 0 atom stereocenters. The molecule has 0 saturated heterocycles. The minimum atomic E-state index is -0.172. The predicted octanol–water partition coefficient (Wildman–Crippen LogP) is 18.3. The van der Waals surface area contributed by atoms with E-state index in [0.717, 1.165) is 64.0 Å². The summed E-state index contributed by atoms with van der Waals surface area (Å²) < 4.78 is 14.3. The van der Waals surface area contributed by atoms with Gasteiger partial charge in [0, 0.05) is 62.0 Å². The van der Waals surface area contributed by atoms with Gasteiger partial charge in [-0.1, -0.05) is 134 Å². The zero-order valence-corrected chi connectivity index (χ0v) is 45.1. The second kappa shape index (κ2) is 15.1. The van der Waals surface area contributed by atoms with E-state index in [1.807, 2.05) is 0 Å². The van der Waals surface area contributed by atoms with Crippen LogP contribution in [0.5, 0.6) is 0 Å². The average Bonchev–Trinajstić information content (AvgIpc) is 4.09. The van der Waals surface area contributed by atoms with Gasteiger partial charge in [0.15, 0.2) is 0 Å². The molecule has 4 aliphatic rings. The highest BCUT2D eigenvalue weighted by molar-refractivity contribution is 6.93. The van der Waals surface area contributed by atoms with E-state index in [1.165, 1.54) is 111 Å². The molecule has 0 bridgehead atoms. The zero-order valence-electron chi connectivity index (χ0n) is 45.1. The summed E-state index contributed by atoms with van der Waals surface area (Å²) in [5.74, 6) is 0. The Labute approximate surface area is 441 Å². The topological polar surface area (TPSA) is 32.8 Å². The Kier molecular flexibility index (Phi) is 9.04. The minimum Gasteiger partial charge on any atom is -0.456 e. The van der Waals surface area contributed by atoms with Crippen molar-refractivity contribution in [1.29, 1.82) is 0 Å². The van der Waals surface area contributed by atoms with Crippen LogP contribution in [-0.2, 0) is 21.7 Å². The number of anilines is 5. The van der Waals surface area contributed by atoms with Crippen molar-refractivity contribution in [3.8, 4) is 22.3 Å². The number of nitrogens with zero attached hydrogens (tertiary/aromatic N) is 2. The van der Waals surface area contributed by atoms with Gasteiger partial charge in [0.05, 0.1) is 5.69 Å². The van der Waals surface area contributed by atoms with Crippen molar-refractivity contribution < 1.29 is 8.83 Å². The second-order valence-corrected chi connectivity index (χ2v) is 25.6. The molecule has 9 aromatic carbocycles. The van der Waals surface area contributed by atoms with Crippen LogP contribution in [0.4, 0.5) is 28.4 Å². The van der Waals surface area contributed by atoms with E-state index in [1.54, 1.807) is 0 Å². The largest absolute Gasteiger partial charge is 0.456 e. The van der Waals surface area contributed by atoms with Crippen LogP contribution in [0.1, 0.15) is 114 Å². The lowest BCUT2D eigenvalue weighted by Gasteiger charge is -2.46. The van der Waals surface area contributed by atoms with E-state index >= 15 is 0 Å². The average molecular weight is 975 g/mol. The van der Waals surface area contributed by atoms with Crippen molar-refractivity contribution in [2.75, 3.05) is 9.71 Å². The Morgan fingerprint density at radius 2 is 0.907 bits per heavy atom. The van der Waals surface area contributed by atoms with Crippen molar-refractivity contribution in [1.82, 2.24) is 0 Å². The van der Waals surface area contributed by atoms with Gasteiger partial charge < -0.3 is 18.5 Å². The Morgan fingerprint density at radius 3 is 1.51 bits per heavy atom. The van der Waals surface area contributed by atoms with Gasteiger partial charge in [-0.05, 0) is 194 Å². The molecule has 0 radical (unpaired) electrons. The summed E-state index contributed by atoms with van der Waals surface area (Å²) in [6.45, 7) is 23.7. The summed E-state index contributed by atoms with van der Waals surface area (Å²) in [7, 11) is 0. The second-order valence-electron chi connectivity index (χ2n) is 25.6. The molecule has 368 valence electrons. The first kappa shape index (κ1) is 44.9. The smallest absolute Gasteiger partial charge is 0.333 e. The summed E-state index contributed by atoms with van der Waals surface area (Å²) in [5, 5.41) is 7.18. The monoisotopic (exact) mass is 974 g/mol. The maximum Gasteiger partial charge on any atom is 0.333 e. The lowest BCUT2D eigenvalue weighted by Crippen LogP contribution is -2.61. The summed E-state index contributed by atoms with van der Waals surface area (Å²) in [4.78, 5) is 5.21. The van der Waals surface area contributed by atoms with E-state index in [0.29, 0.717) is 0 Å². The summed E-state index contributed by atoms with van der Waals surface area (Å²) in [5.41, 5.74) is 25.4. The molecule has 2 aliphatic heterocycles. The maximum absolute atomic E-state index is 7.18. The molecule has 0 fully saturated rings. The molecule has 15 rings (SSSR count). The quantitative estimate of drug-likeness (QED) is 0.165. The fraction of sp³-hybridized carbons (Fsp3) is 0.257. The zero-order chi connectivity index (χ0) is 51.2. The minimum absolute atomic E-state index is 0.0521. The third-order valence-corrected chi connectivity index (χ3v) is 18.9. The molecule has 0 spiro atoms. The standard InChI is InChI=1S/C70H63BN2O2/c1-40-28-52-47-31-44-18-14-15-19-45(44)32-59(47)73(46-22-20-43(21-23-46)42-16-12-11-13-17-42)71-57-35-51-50-34-54-56(70(9,10)27-25-68(54,5)6)37-63(50)75-65(51)39-60(57)72(61(29-40)66(52)71)58-38-64-48(30-41(58)2)49-33-53-55(36-62(49)74-64)69(7,8)26-24-67(53,3)4/h11-23,28-39H,24-27H2,1-10H3. The first-order valence-electron chi connectivity index (χ1n) is 27.4. The Hall–Kier alpha value is -7.50. The number of aryl methyl sites for hydroxylation is 2. The number of rotatable bonds is 3. The van der Waals surface area contributed by atoms with Crippen LogP contribution in [0.15, 0.2) is 160 Å². The predicted molar refractivity (Wildman–Crippen MR) is 318 cm³/mol. The highest BCUT2D eigenvalue weighted by Gasteiger charge is 2.47. The first-order chi connectivity index (χ1) is 35.9. The van der Waals surface area contributed by atoms with Crippen LogP contribution in [0.3, 0.4) is 0 Å². The van der Waals surface area contributed by atoms with Crippen molar-refractivity contribution in [3.05, 3.63) is 185 Å². The number of furan rings is 2. The van der Waals surface area contributed by atoms with Crippen molar-refractivity contribution in [3.63, 3.8) is 0 Å². The number of benzene rings is 9. The Balaban J connectivity index is 1.03. The molecule has 4 nitrogen and oxygen atoms in total. The van der Waals surface area contributed by atoms with Gasteiger partial charge in [-0.25, -0.2) is 0 Å². The molecule has 75 heavy (non-hydrogen) atoms. The van der Waals surface area contributed by atoms with Crippen LogP contribution >= 0.6 is 0 Å². The normalized spacial score (nSPS) is 17.6. The van der Waals surface area contributed by atoms with Gasteiger partial charge in [-0.2, -0.15) is 0 Å².